The fourth-order valence-corrected chi connectivity index (χ4v) is 3.44. The van der Waals surface area contributed by atoms with Crippen LogP contribution < -0.4 is 5.32 Å². The number of urea groups is 1. The van der Waals surface area contributed by atoms with Gasteiger partial charge in [-0.2, -0.15) is 0 Å². The van der Waals surface area contributed by atoms with Gasteiger partial charge in [0.05, 0.1) is 12.6 Å². The average Bonchev–Trinajstić information content (AvgIpc) is 2.99. The summed E-state index contributed by atoms with van der Waals surface area (Å²) in [5.41, 5.74) is 1.76. The van der Waals surface area contributed by atoms with Crippen molar-refractivity contribution in [2.45, 2.75) is 66.6 Å². The zero-order valence-electron chi connectivity index (χ0n) is 19.8. The van der Waals surface area contributed by atoms with Crippen molar-refractivity contribution in [2.24, 2.45) is 0 Å². The number of amides is 2. The van der Waals surface area contributed by atoms with Crippen molar-refractivity contribution in [1.82, 2.24) is 15.2 Å². The number of nitrogens with zero attached hydrogens (tertiary/aromatic N) is 1. The van der Waals surface area contributed by atoms with E-state index < -0.39 is 23.6 Å². The summed E-state index contributed by atoms with van der Waals surface area (Å²) in [5, 5.41) is 2.89. The van der Waals surface area contributed by atoms with Gasteiger partial charge >= 0.3 is 12.0 Å². The molecule has 0 aliphatic heterocycles. The maximum atomic E-state index is 13.5. The number of H-pyrrole nitrogens is 1. The van der Waals surface area contributed by atoms with Crippen molar-refractivity contribution >= 4 is 17.8 Å². The van der Waals surface area contributed by atoms with Gasteiger partial charge in [0.15, 0.2) is 5.78 Å². The summed E-state index contributed by atoms with van der Waals surface area (Å²) in [7, 11) is 0. The number of carbonyl (C=O) groups excluding carboxylic acids is 3. The lowest BCUT2D eigenvalue weighted by molar-refractivity contribution is 0.0519. The highest BCUT2D eigenvalue weighted by atomic mass is 19.1. The molecule has 0 aliphatic carbocycles. The van der Waals surface area contributed by atoms with Crippen LogP contribution in [0.1, 0.15) is 72.3 Å². The van der Waals surface area contributed by atoms with Crippen molar-refractivity contribution in [3.05, 3.63) is 58.2 Å². The fourth-order valence-electron chi connectivity index (χ4n) is 3.44. The highest BCUT2D eigenvalue weighted by Crippen LogP contribution is 2.23. The van der Waals surface area contributed by atoms with Crippen LogP contribution in [0.2, 0.25) is 0 Å². The minimum Gasteiger partial charge on any atom is -0.461 e. The number of benzene rings is 1. The summed E-state index contributed by atoms with van der Waals surface area (Å²) in [6, 6.07) is 4.52. The van der Waals surface area contributed by atoms with E-state index in [1.54, 1.807) is 39.8 Å². The predicted octanol–water partition coefficient (Wildman–Crippen LogP) is 4.53. The third-order valence-electron chi connectivity index (χ3n) is 5.02. The monoisotopic (exact) mass is 445 g/mol. The van der Waals surface area contributed by atoms with Gasteiger partial charge in [-0.15, -0.1) is 0 Å². The molecule has 1 unspecified atom stereocenters. The molecule has 2 N–H and O–H groups in total. The first-order valence-corrected chi connectivity index (χ1v) is 10.6. The van der Waals surface area contributed by atoms with E-state index in [0.717, 1.165) is 0 Å². The van der Waals surface area contributed by atoms with Crippen LogP contribution in [0.3, 0.4) is 0 Å². The lowest BCUT2D eigenvalue weighted by Gasteiger charge is -2.32. The first-order chi connectivity index (χ1) is 14.9. The van der Waals surface area contributed by atoms with E-state index in [0.29, 0.717) is 22.4 Å². The van der Waals surface area contributed by atoms with Gasteiger partial charge in [0.2, 0.25) is 0 Å². The Kier molecular flexibility index (Phi) is 7.83. The quantitative estimate of drug-likeness (QED) is 0.484. The van der Waals surface area contributed by atoms with Gasteiger partial charge in [-0.3, -0.25) is 4.79 Å². The van der Waals surface area contributed by atoms with Crippen LogP contribution in [0.5, 0.6) is 0 Å². The summed E-state index contributed by atoms with van der Waals surface area (Å²) in [6.45, 7) is 12.6. The fraction of sp³-hybridized carbons (Fsp3) is 0.458. The Hall–Kier alpha value is -3.16. The van der Waals surface area contributed by atoms with Gasteiger partial charge in [0, 0.05) is 23.3 Å². The summed E-state index contributed by atoms with van der Waals surface area (Å²) >= 11 is 0. The molecule has 7 nitrogen and oxygen atoms in total. The van der Waals surface area contributed by atoms with E-state index in [4.69, 9.17) is 4.74 Å². The Balaban J connectivity index is 2.40. The molecule has 2 amide bonds. The number of nitrogens with one attached hydrogen (secondary N) is 2. The molecule has 8 heteroatoms. The van der Waals surface area contributed by atoms with Crippen molar-refractivity contribution < 1.29 is 23.5 Å². The standard InChI is InChI=1S/C24H32FN3O4/c1-8-32-22(30)20-14(2)19(15(3)26-20)21(29)16(4)28(23(31)27-24(5,6)7)13-17-9-11-18(25)12-10-17/h9-12,16,26H,8,13H2,1-7H3,(H,27,31). The van der Waals surface area contributed by atoms with Crippen LogP contribution in [0.4, 0.5) is 9.18 Å². The number of hydrogen-bond acceptors (Lipinski definition) is 4. The van der Waals surface area contributed by atoms with Crippen LogP contribution in [0.15, 0.2) is 24.3 Å². The smallest absolute Gasteiger partial charge is 0.355 e. The zero-order valence-corrected chi connectivity index (χ0v) is 19.8. The van der Waals surface area contributed by atoms with Crippen LogP contribution in [-0.4, -0.2) is 45.9 Å². The largest absolute Gasteiger partial charge is 0.461 e. The summed E-state index contributed by atoms with van der Waals surface area (Å²) in [5.74, 6) is -1.22. The number of esters is 1. The van der Waals surface area contributed by atoms with Crippen molar-refractivity contribution in [2.75, 3.05) is 6.61 Å². The SMILES string of the molecule is CCOC(=O)c1[nH]c(C)c(C(=O)C(C)N(Cc2ccc(F)cc2)C(=O)NC(C)(C)C)c1C. The second kappa shape index (κ2) is 9.97. The Morgan fingerprint density at radius 3 is 2.28 bits per heavy atom. The molecule has 0 bridgehead atoms. The second-order valence-corrected chi connectivity index (χ2v) is 8.82. The number of aromatic nitrogens is 1. The Bertz CT molecular complexity index is 990. The first-order valence-electron chi connectivity index (χ1n) is 10.6. The van der Waals surface area contributed by atoms with Gasteiger partial charge in [-0.05, 0) is 71.7 Å². The molecule has 32 heavy (non-hydrogen) atoms. The maximum Gasteiger partial charge on any atom is 0.355 e. The number of ketones is 1. The predicted molar refractivity (Wildman–Crippen MR) is 120 cm³/mol. The second-order valence-electron chi connectivity index (χ2n) is 8.82. The summed E-state index contributed by atoms with van der Waals surface area (Å²) in [6.07, 6.45) is 0. The molecular weight excluding hydrogens is 413 g/mol. The number of hydrogen-bond donors (Lipinski definition) is 2. The lowest BCUT2D eigenvalue weighted by atomic mass is 9.99. The van der Waals surface area contributed by atoms with Gasteiger partial charge in [-0.25, -0.2) is 14.0 Å². The summed E-state index contributed by atoms with van der Waals surface area (Å²) < 4.78 is 18.4. The molecule has 2 rings (SSSR count). The van der Waals surface area contributed by atoms with Gasteiger partial charge in [0.1, 0.15) is 11.5 Å². The number of aryl methyl sites for hydroxylation is 1. The summed E-state index contributed by atoms with van der Waals surface area (Å²) in [4.78, 5) is 43.1. The van der Waals surface area contributed by atoms with Gasteiger partial charge in [-0.1, -0.05) is 12.1 Å². The minimum absolute atomic E-state index is 0.113. The Morgan fingerprint density at radius 2 is 1.75 bits per heavy atom. The average molecular weight is 446 g/mol. The normalized spacial score (nSPS) is 12.2. The van der Waals surface area contributed by atoms with E-state index in [9.17, 15) is 18.8 Å². The van der Waals surface area contributed by atoms with E-state index in [2.05, 4.69) is 10.3 Å². The van der Waals surface area contributed by atoms with Gasteiger partial charge in [0.25, 0.3) is 0 Å². The molecule has 0 radical (unpaired) electrons. The van der Waals surface area contributed by atoms with Crippen molar-refractivity contribution in [3.63, 3.8) is 0 Å². The Labute approximate surface area is 188 Å². The zero-order chi connectivity index (χ0) is 24.2. The highest BCUT2D eigenvalue weighted by Gasteiger charge is 2.32. The third kappa shape index (κ3) is 5.96. The third-order valence-corrected chi connectivity index (χ3v) is 5.02. The first kappa shape index (κ1) is 25.1. The van der Waals surface area contributed by atoms with Gasteiger partial charge < -0.3 is 19.9 Å². The molecule has 0 aliphatic rings. The molecule has 0 saturated heterocycles. The molecule has 1 atom stereocenters. The molecule has 174 valence electrons. The number of rotatable bonds is 7. The molecule has 0 spiro atoms. The maximum absolute atomic E-state index is 13.5. The van der Waals surface area contributed by atoms with Crippen molar-refractivity contribution in [3.8, 4) is 0 Å². The van der Waals surface area contributed by atoms with E-state index in [-0.39, 0.29) is 30.4 Å². The number of aromatic amines is 1. The molecule has 0 saturated carbocycles. The highest BCUT2D eigenvalue weighted by molar-refractivity contribution is 6.06. The Morgan fingerprint density at radius 1 is 1.16 bits per heavy atom. The minimum atomic E-state index is -0.842. The topological polar surface area (TPSA) is 91.5 Å². The van der Waals surface area contributed by atoms with E-state index >= 15 is 0 Å². The lowest BCUT2D eigenvalue weighted by Crippen LogP contribution is -2.52. The number of Topliss-reactive ketones (excluding diaryl/α,β-unsaturated/α-hetero) is 1. The van der Waals surface area contributed by atoms with Crippen LogP contribution in [0.25, 0.3) is 0 Å². The molecule has 0 fully saturated rings. The number of ether oxygens (including phenoxy) is 1. The van der Waals surface area contributed by atoms with E-state index in [1.165, 1.54) is 17.0 Å². The molecule has 2 aromatic rings. The molecule has 1 aromatic carbocycles. The van der Waals surface area contributed by atoms with Crippen molar-refractivity contribution in [1.29, 1.82) is 0 Å². The molecule has 1 heterocycles. The number of carbonyl (C=O) groups is 3. The van der Waals surface area contributed by atoms with Crippen LogP contribution in [-0.2, 0) is 11.3 Å². The number of halogens is 1. The molecule has 1 aromatic heterocycles. The van der Waals surface area contributed by atoms with E-state index in [1.807, 2.05) is 20.8 Å². The molecular formula is C24H32FN3O4. The van der Waals surface area contributed by atoms with Crippen LogP contribution >= 0.6 is 0 Å². The van der Waals surface area contributed by atoms with Crippen LogP contribution in [0, 0.1) is 19.7 Å².